The van der Waals surface area contributed by atoms with Crippen LogP contribution < -0.4 is 4.90 Å². The van der Waals surface area contributed by atoms with E-state index < -0.39 is 12.0 Å². The highest BCUT2D eigenvalue weighted by Gasteiger charge is 2.31. The van der Waals surface area contributed by atoms with Gasteiger partial charge in [0.15, 0.2) is 0 Å². The van der Waals surface area contributed by atoms with Crippen molar-refractivity contribution in [3.05, 3.63) is 52.2 Å². The molecule has 1 N–H and O–H groups in total. The first kappa shape index (κ1) is 19.5. The third kappa shape index (κ3) is 3.46. The summed E-state index contributed by atoms with van der Waals surface area (Å²) in [6.07, 6.45) is 6.44. The Morgan fingerprint density at radius 2 is 1.80 bits per heavy atom. The number of carbonyl (C=O) groups is 1. The predicted molar refractivity (Wildman–Crippen MR) is 119 cm³/mol. The minimum atomic E-state index is -0.788. The maximum atomic E-state index is 12.1. The monoisotopic (exact) mass is 422 g/mol. The van der Waals surface area contributed by atoms with Gasteiger partial charge in [-0.3, -0.25) is 9.69 Å². The van der Waals surface area contributed by atoms with Gasteiger partial charge in [-0.25, -0.2) is 9.97 Å². The molecular weight excluding hydrogens is 396 g/mol. The average molecular weight is 423 g/mol. The van der Waals surface area contributed by atoms with E-state index in [1.807, 2.05) is 42.5 Å². The van der Waals surface area contributed by atoms with Crippen LogP contribution >= 0.6 is 11.3 Å². The molecule has 1 aromatic carbocycles. The van der Waals surface area contributed by atoms with Crippen LogP contribution in [-0.4, -0.2) is 52.1 Å². The molecule has 1 unspecified atom stereocenters. The number of carboxylic acids is 1. The Kier molecular flexibility index (Phi) is 5.16. The van der Waals surface area contributed by atoms with E-state index in [-0.39, 0.29) is 0 Å². The summed E-state index contributed by atoms with van der Waals surface area (Å²) in [6, 6.07) is 7.24. The number of anilines is 1. The number of aromatic nitrogens is 2. The van der Waals surface area contributed by atoms with Crippen molar-refractivity contribution in [2.45, 2.75) is 38.6 Å². The predicted octanol–water partition coefficient (Wildman–Crippen LogP) is 3.83. The number of hydrogen-bond donors (Lipinski definition) is 1. The van der Waals surface area contributed by atoms with Crippen LogP contribution in [-0.2, 0) is 17.6 Å². The minimum Gasteiger partial charge on any atom is -0.480 e. The lowest BCUT2D eigenvalue weighted by Gasteiger charge is -2.38. The lowest BCUT2D eigenvalue weighted by molar-refractivity contribution is -0.143. The highest BCUT2D eigenvalue weighted by Crippen LogP contribution is 2.39. The summed E-state index contributed by atoms with van der Waals surface area (Å²) >= 11 is 1.82. The first-order chi connectivity index (χ1) is 14.6. The van der Waals surface area contributed by atoms with Crippen LogP contribution in [0, 0.1) is 6.92 Å². The summed E-state index contributed by atoms with van der Waals surface area (Å²) in [4.78, 5) is 28.2. The van der Waals surface area contributed by atoms with Crippen molar-refractivity contribution in [3.63, 3.8) is 0 Å². The zero-order valence-corrected chi connectivity index (χ0v) is 18.0. The van der Waals surface area contributed by atoms with Gasteiger partial charge in [0.2, 0.25) is 0 Å². The summed E-state index contributed by atoms with van der Waals surface area (Å²) < 4.78 is 0. The number of piperazine rings is 1. The molecule has 3 heterocycles. The Bertz CT molecular complexity index is 1070. The molecule has 0 radical (unpaired) electrons. The molecule has 0 bridgehead atoms. The molecule has 2 aromatic heterocycles. The average Bonchev–Trinajstić information content (AvgIpc) is 3.14. The van der Waals surface area contributed by atoms with Gasteiger partial charge >= 0.3 is 5.97 Å². The number of rotatable bonds is 4. The zero-order valence-electron chi connectivity index (χ0n) is 17.2. The summed E-state index contributed by atoms with van der Waals surface area (Å²) in [5.74, 6) is 0.241. The second-order valence-corrected chi connectivity index (χ2v) is 9.35. The lowest BCUT2D eigenvalue weighted by Crippen LogP contribution is -2.49. The Balaban J connectivity index is 1.39. The molecule has 6 nitrogen and oxygen atoms in total. The van der Waals surface area contributed by atoms with E-state index >= 15 is 0 Å². The quantitative estimate of drug-likeness (QED) is 0.689. The van der Waals surface area contributed by atoms with Gasteiger partial charge in [0.25, 0.3) is 0 Å². The number of carboxylic acid groups (broad SMARTS) is 1. The van der Waals surface area contributed by atoms with E-state index in [0.29, 0.717) is 13.1 Å². The van der Waals surface area contributed by atoms with Gasteiger partial charge in [-0.05, 0) is 43.7 Å². The molecule has 1 fully saturated rings. The van der Waals surface area contributed by atoms with E-state index in [4.69, 9.17) is 0 Å². The Morgan fingerprint density at radius 1 is 1.07 bits per heavy atom. The Labute approximate surface area is 180 Å². The number of aliphatic carboxylic acids is 1. The van der Waals surface area contributed by atoms with Gasteiger partial charge in [-0.2, -0.15) is 0 Å². The Morgan fingerprint density at radius 3 is 2.53 bits per heavy atom. The largest absolute Gasteiger partial charge is 0.480 e. The molecule has 156 valence electrons. The van der Waals surface area contributed by atoms with Crippen molar-refractivity contribution in [1.29, 1.82) is 0 Å². The summed E-state index contributed by atoms with van der Waals surface area (Å²) in [6.45, 7) is 4.95. The van der Waals surface area contributed by atoms with Gasteiger partial charge in [0, 0.05) is 31.1 Å². The third-order valence-corrected chi connectivity index (χ3v) is 7.54. The molecule has 0 spiro atoms. The maximum absolute atomic E-state index is 12.1. The van der Waals surface area contributed by atoms with Crippen LogP contribution in [0.25, 0.3) is 10.2 Å². The number of benzene rings is 1. The van der Waals surface area contributed by atoms with Gasteiger partial charge in [0.05, 0.1) is 5.39 Å². The van der Waals surface area contributed by atoms with Crippen molar-refractivity contribution in [2.24, 2.45) is 0 Å². The second-order valence-electron chi connectivity index (χ2n) is 8.26. The van der Waals surface area contributed by atoms with Crippen molar-refractivity contribution < 1.29 is 9.90 Å². The van der Waals surface area contributed by atoms with Gasteiger partial charge in [0.1, 0.15) is 23.0 Å². The van der Waals surface area contributed by atoms with Crippen molar-refractivity contribution in [2.75, 3.05) is 31.1 Å². The van der Waals surface area contributed by atoms with Crippen LogP contribution in [0.3, 0.4) is 0 Å². The highest BCUT2D eigenvalue weighted by molar-refractivity contribution is 7.19. The molecule has 0 saturated carbocycles. The van der Waals surface area contributed by atoms with E-state index in [2.05, 4.69) is 19.8 Å². The van der Waals surface area contributed by atoms with Gasteiger partial charge < -0.3 is 10.0 Å². The molecule has 0 amide bonds. The maximum Gasteiger partial charge on any atom is 0.325 e. The van der Waals surface area contributed by atoms with Gasteiger partial charge in [-0.1, -0.05) is 29.8 Å². The lowest BCUT2D eigenvalue weighted by atomic mass is 9.97. The molecule has 7 heteroatoms. The number of thiophene rings is 1. The summed E-state index contributed by atoms with van der Waals surface area (Å²) in [5.41, 5.74) is 3.43. The molecule has 3 aromatic rings. The normalized spacial score (nSPS) is 18.4. The van der Waals surface area contributed by atoms with Crippen LogP contribution in [0.2, 0.25) is 0 Å². The first-order valence-electron chi connectivity index (χ1n) is 10.7. The highest BCUT2D eigenvalue weighted by atomic mass is 32.1. The fourth-order valence-corrected chi connectivity index (χ4v) is 5.99. The van der Waals surface area contributed by atoms with E-state index in [9.17, 15) is 9.90 Å². The fourth-order valence-electron chi connectivity index (χ4n) is 4.76. The number of aryl methyl sites for hydroxylation is 3. The van der Waals surface area contributed by atoms with Crippen molar-refractivity contribution in [1.82, 2.24) is 14.9 Å². The standard InChI is InChI=1S/C23H26N4O2S/c1-15-6-8-16(9-7-15)20(23(28)29)26-10-12-27(13-11-26)21-19-17-4-2-3-5-18(17)30-22(19)25-14-24-21/h6-9,14,20H,2-5,10-13H2,1H3,(H,28,29). The first-order valence-corrected chi connectivity index (χ1v) is 11.5. The number of hydrogen-bond acceptors (Lipinski definition) is 6. The fraction of sp³-hybridized carbons (Fsp3) is 0.435. The summed E-state index contributed by atoms with van der Waals surface area (Å²) in [5, 5.41) is 11.1. The molecular formula is C23H26N4O2S. The smallest absolute Gasteiger partial charge is 0.325 e. The van der Waals surface area contributed by atoms with E-state index in [1.54, 1.807) is 6.33 Å². The van der Waals surface area contributed by atoms with Gasteiger partial charge in [-0.15, -0.1) is 11.3 Å². The topological polar surface area (TPSA) is 69.6 Å². The zero-order chi connectivity index (χ0) is 20.7. The van der Waals surface area contributed by atoms with Crippen molar-refractivity contribution >= 4 is 33.3 Å². The van der Waals surface area contributed by atoms with Crippen molar-refractivity contribution in [3.8, 4) is 0 Å². The van der Waals surface area contributed by atoms with E-state index in [1.165, 1.54) is 28.7 Å². The molecule has 1 aliphatic heterocycles. The van der Waals surface area contributed by atoms with Crippen LogP contribution in [0.15, 0.2) is 30.6 Å². The van der Waals surface area contributed by atoms with Crippen LogP contribution in [0.1, 0.15) is 40.5 Å². The molecule has 1 saturated heterocycles. The third-order valence-electron chi connectivity index (χ3n) is 6.34. The number of nitrogens with zero attached hydrogens (tertiary/aromatic N) is 4. The van der Waals surface area contributed by atoms with E-state index in [0.717, 1.165) is 47.7 Å². The minimum absolute atomic E-state index is 0.605. The molecule has 5 rings (SSSR count). The van der Waals surface area contributed by atoms with Crippen LogP contribution in [0.4, 0.5) is 5.82 Å². The molecule has 1 atom stereocenters. The molecule has 2 aliphatic rings. The van der Waals surface area contributed by atoms with Crippen LogP contribution in [0.5, 0.6) is 0 Å². The molecule has 30 heavy (non-hydrogen) atoms. The SMILES string of the molecule is Cc1ccc(C(C(=O)O)N2CCN(c3ncnc4sc5c(c34)CCCC5)CC2)cc1. The number of fused-ring (bicyclic) bond motifs is 3. The second kappa shape index (κ2) is 7.96. The Hall–Kier alpha value is -2.51. The summed E-state index contributed by atoms with van der Waals surface area (Å²) in [7, 11) is 0. The molecule has 1 aliphatic carbocycles.